The molecular formula is C29H36N4O9. The number of amides is 3. The number of hydrogen-bond donors (Lipinski definition) is 4. The van der Waals surface area contributed by atoms with Gasteiger partial charge in [-0.3, -0.25) is 24.2 Å². The molecular weight excluding hydrogens is 548 g/mol. The van der Waals surface area contributed by atoms with Crippen LogP contribution in [0.5, 0.6) is 11.5 Å². The Morgan fingerprint density at radius 2 is 1.69 bits per heavy atom. The lowest BCUT2D eigenvalue weighted by Crippen LogP contribution is -2.54. The fourth-order valence-electron chi connectivity index (χ4n) is 3.66. The first-order chi connectivity index (χ1) is 20.2. The molecule has 0 bridgehead atoms. The minimum absolute atomic E-state index is 0.0475. The average molecular weight is 585 g/mol. The van der Waals surface area contributed by atoms with Crippen LogP contribution in [0.15, 0.2) is 48.8 Å². The summed E-state index contributed by atoms with van der Waals surface area (Å²) in [5.74, 6) is -2.98. The van der Waals surface area contributed by atoms with Crippen LogP contribution in [0.2, 0.25) is 0 Å². The average Bonchev–Trinajstić information content (AvgIpc) is 2.98. The summed E-state index contributed by atoms with van der Waals surface area (Å²) in [5.41, 5.74) is 1.26. The number of carbonyl (C=O) groups excluding carboxylic acids is 5. The molecule has 1 aromatic heterocycles. The predicted molar refractivity (Wildman–Crippen MR) is 151 cm³/mol. The maximum Gasteiger partial charge on any atom is 0.328 e. The van der Waals surface area contributed by atoms with Crippen molar-refractivity contribution in [1.82, 2.24) is 20.9 Å². The monoisotopic (exact) mass is 584 g/mol. The molecule has 1 heterocycles. The van der Waals surface area contributed by atoms with Crippen LogP contribution in [0.25, 0.3) is 6.08 Å². The van der Waals surface area contributed by atoms with Crippen molar-refractivity contribution < 1.29 is 43.3 Å². The maximum absolute atomic E-state index is 13.3. The normalized spacial score (nSPS) is 12.1. The van der Waals surface area contributed by atoms with Crippen molar-refractivity contribution in [2.75, 3.05) is 26.9 Å². The zero-order chi connectivity index (χ0) is 30.9. The number of rotatable bonds is 16. The molecule has 0 saturated carbocycles. The second kappa shape index (κ2) is 17.7. The zero-order valence-electron chi connectivity index (χ0n) is 23.8. The molecule has 0 aliphatic carbocycles. The van der Waals surface area contributed by atoms with Gasteiger partial charge in [0.2, 0.25) is 17.7 Å². The summed E-state index contributed by atoms with van der Waals surface area (Å²) >= 11 is 0. The van der Waals surface area contributed by atoms with E-state index in [1.807, 2.05) is 0 Å². The molecule has 13 heteroatoms. The molecule has 0 radical (unpaired) electrons. The summed E-state index contributed by atoms with van der Waals surface area (Å²) < 4.78 is 15.0. The standard InChI is InChI=1S/C29H36N4O9/c1-4-41-27(37)11-8-21(29(39)42-5-2)33-28(38)22(16-20-12-14-30-15-13-20)32-26(36)18-31-25(35)10-7-19-6-9-23(34)24(17-19)40-3/h6-7,9-10,12-15,17,21-22,34H,4-5,8,11,16,18H2,1-3H3,(H,31,35)(H,32,36)(H,33,38)/b10-7+/t21-,22+/m1/s1. The molecule has 2 aromatic rings. The van der Waals surface area contributed by atoms with Crippen molar-refractivity contribution in [2.24, 2.45) is 0 Å². The summed E-state index contributed by atoms with van der Waals surface area (Å²) in [5, 5.41) is 17.3. The molecule has 0 unspecified atom stereocenters. The van der Waals surface area contributed by atoms with Crippen molar-refractivity contribution in [3.05, 3.63) is 59.9 Å². The number of methoxy groups -OCH3 is 1. The van der Waals surface area contributed by atoms with Gasteiger partial charge in [-0.15, -0.1) is 0 Å². The van der Waals surface area contributed by atoms with Gasteiger partial charge in [-0.05, 0) is 61.7 Å². The molecule has 0 saturated heterocycles. The Hall–Kier alpha value is -4.94. The van der Waals surface area contributed by atoms with Crippen LogP contribution in [-0.2, 0) is 39.9 Å². The predicted octanol–water partition coefficient (Wildman–Crippen LogP) is 1.04. The summed E-state index contributed by atoms with van der Waals surface area (Å²) in [6.07, 6.45) is 5.61. The smallest absolute Gasteiger partial charge is 0.328 e. The third-order valence-electron chi connectivity index (χ3n) is 5.73. The van der Waals surface area contributed by atoms with Crippen LogP contribution >= 0.6 is 0 Å². The number of ether oxygens (including phenoxy) is 3. The highest BCUT2D eigenvalue weighted by molar-refractivity contribution is 5.96. The molecule has 0 aliphatic heterocycles. The Morgan fingerprint density at radius 1 is 0.976 bits per heavy atom. The topological polar surface area (TPSA) is 182 Å². The molecule has 13 nitrogen and oxygen atoms in total. The molecule has 2 rings (SSSR count). The molecule has 4 N–H and O–H groups in total. The van der Waals surface area contributed by atoms with Gasteiger partial charge in [-0.25, -0.2) is 4.79 Å². The molecule has 42 heavy (non-hydrogen) atoms. The van der Waals surface area contributed by atoms with Crippen LogP contribution in [0.1, 0.15) is 37.8 Å². The van der Waals surface area contributed by atoms with Crippen molar-refractivity contribution in [2.45, 2.75) is 45.2 Å². The number of phenols is 1. The first kappa shape index (κ1) is 33.3. The number of nitrogens with one attached hydrogen (secondary N) is 3. The van der Waals surface area contributed by atoms with E-state index < -0.39 is 48.3 Å². The second-order valence-electron chi connectivity index (χ2n) is 8.82. The van der Waals surface area contributed by atoms with E-state index in [2.05, 4.69) is 20.9 Å². The molecule has 226 valence electrons. The second-order valence-corrected chi connectivity index (χ2v) is 8.82. The van der Waals surface area contributed by atoms with Crippen molar-refractivity contribution in [1.29, 1.82) is 0 Å². The van der Waals surface area contributed by atoms with E-state index >= 15 is 0 Å². The Labute approximate surface area is 243 Å². The van der Waals surface area contributed by atoms with E-state index in [1.54, 1.807) is 32.0 Å². The van der Waals surface area contributed by atoms with Crippen molar-refractivity contribution in [3.8, 4) is 11.5 Å². The summed E-state index contributed by atoms with van der Waals surface area (Å²) in [6.45, 7) is 3.07. The van der Waals surface area contributed by atoms with E-state index in [0.717, 1.165) is 0 Å². The number of pyridine rings is 1. The highest BCUT2D eigenvalue weighted by atomic mass is 16.5. The lowest BCUT2D eigenvalue weighted by atomic mass is 10.0. The molecule has 0 aliphatic rings. The largest absolute Gasteiger partial charge is 0.504 e. The highest BCUT2D eigenvalue weighted by Crippen LogP contribution is 2.26. The minimum atomic E-state index is -1.15. The van der Waals surface area contributed by atoms with Gasteiger partial charge in [0.15, 0.2) is 11.5 Å². The third kappa shape index (κ3) is 11.7. The third-order valence-corrected chi connectivity index (χ3v) is 5.73. The Kier molecular flexibility index (Phi) is 14.0. The molecule has 0 fully saturated rings. The van der Waals surface area contributed by atoms with Gasteiger partial charge < -0.3 is 35.3 Å². The first-order valence-corrected chi connectivity index (χ1v) is 13.3. The fourth-order valence-corrected chi connectivity index (χ4v) is 3.66. The Bertz CT molecular complexity index is 1250. The number of benzene rings is 1. The summed E-state index contributed by atoms with van der Waals surface area (Å²) in [4.78, 5) is 66.5. The zero-order valence-corrected chi connectivity index (χ0v) is 23.8. The van der Waals surface area contributed by atoms with E-state index in [1.165, 1.54) is 43.8 Å². The number of nitrogens with zero attached hydrogens (tertiary/aromatic N) is 1. The Balaban J connectivity index is 2.06. The van der Waals surface area contributed by atoms with Gasteiger partial charge in [-0.1, -0.05) is 6.07 Å². The van der Waals surface area contributed by atoms with Crippen LogP contribution in [0, 0.1) is 0 Å². The van der Waals surface area contributed by atoms with Crippen molar-refractivity contribution >= 4 is 35.7 Å². The molecule has 3 amide bonds. The van der Waals surface area contributed by atoms with Gasteiger partial charge >= 0.3 is 11.9 Å². The van der Waals surface area contributed by atoms with Gasteiger partial charge in [-0.2, -0.15) is 0 Å². The maximum atomic E-state index is 13.3. The molecule has 1 aromatic carbocycles. The minimum Gasteiger partial charge on any atom is -0.504 e. The summed E-state index contributed by atoms with van der Waals surface area (Å²) in [6, 6.07) is 5.58. The number of hydrogen-bond acceptors (Lipinski definition) is 10. The number of phenolic OH excluding ortho intramolecular Hbond substituents is 1. The van der Waals surface area contributed by atoms with Gasteiger partial charge in [0.25, 0.3) is 0 Å². The van der Waals surface area contributed by atoms with E-state index in [9.17, 15) is 29.1 Å². The molecule has 2 atom stereocenters. The summed E-state index contributed by atoms with van der Waals surface area (Å²) in [7, 11) is 1.40. The van der Waals surface area contributed by atoms with E-state index in [0.29, 0.717) is 11.1 Å². The highest BCUT2D eigenvalue weighted by Gasteiger charge is 2.28. The number of esters is 2. The lowest BCUT2D eigenvalue weighted by molar-refractivity contribution is -0.149. The van der Waals surface area contributed by atoms with Crippen molar-refractivity contribution in [3.63, 3.8) is 0 Å². The Morgan fingerprint density at radius 3 is 2.36 bits per heavy atom. The molecule has 0 spiro atoms. The lowest BCUT2D eigenvalue weighted by Gasteiger charge is -2.22. The van der Waals surface area contributed by atoms with Crippen LogP contribution in [-0.4, -0.2) is 78.7 Å². The van der Waals surface area contributed by atoms with Crippen LogP contribution in [0.3, 0.4) is 0 Å². The van der Waals surface area contributed by atoms with Gasteiger partial charge in [0, 0.05) is 31.3 Å². The van der Waals surface area contributed by atoms with E-state index in [-0.39, 0.29) is 44.0 Å². The SMILES string of the molecule is CCOC(=O)CC[C@@H](NC(=O)[C@H](Cc1ccncc1)NC(=O)CNC(=O)/C=C/c1ccc(O)c(OC)c1)C(=O)OCC. The van der Waals surface area contributed by atoms with Crippen LogP contribution < -0.4 is 20.7 Å². The number of aromatic nitrogens is 1. The quantitative estimate of drug-likeness (QED) is 0.164. The van der Waals surface area contributed by atoms with E-state index in [4.69, 9.17) is 14.2 Å². The number of carbonyl (C=O) groups is 5. The first-order valence-electron chi connectivity index (χ1n) is 13.3. The fraction of sp³-hybridized carbons (Fsp3) is 0.379. The van der Waals surface area contributed by atoms with Gasteiger partial charge in [0.1, 0.15) is 12.1 Å². The van der Waals surface area contributed by atoms with Gasteiger partial charge in [0.05, 0.1) is 26.9 Å². The number of aromatic hydroxyl groups is 1. The van der Waals surface area contributed by atoms with Crippen LogP contribution in [0.4, 0.5) is 0 Å².